The lowest BCUT2D eigenvalue weighted by Crippen LogP contribution is -2.14. The second-order valence-corrected chi connectivity index (χ2v) is 7.09. The second kappa shape index (κ2) is 8.66. The Balaban J connectivity index is 2.45. The van der Waals surface area contributed by atoms with E-state index in [1.54, 1.807) is 26.2 Å². The first-order valence-corrected chi connectivity index (χ1v) is 9.72. The molecule has 2 aromatic rings. The van der Waals surface area contributed by atoms with Crippen LogP contribution in [0, 0.1) is 28.4 Å². The Bertz CT molecular complexity index is 962. The summed E-state index contributed by atoms with van der Waals surface area (Å²) >= 11 is 2.24. The molecule has 0 atom stereocenters. The number of nitro benzene ring substituents is 1. The quantitative estimate of drug-likeness (QED) is 0.334. The van der Waals surface area contributed by atoms with E-state index in [1.165, 1.54) is 23.9 Å². The predicted molar refractivity (Wildman–Crippen MR) is 103 cm³/mol. The average Bonchev–Trinajstić information content (AvgIpc) is 2.96. The number of ether oxygens (including phenoxy) is 1. The topological polar surface area (TPSA) is 122 Å². The number of thioether (sulfide) groups is 1. The molecule has 10 heteroatoms. The first-order valence-electron chi connectivity index (χ1n) is 7.68. The maximum atomic E-state index is 12.6. The van der Waals surface area contributed by atoms with Crippen molar-refractivity contribution < 1.29 is 19.2 Å². The number of benzene rings is 1. The standard InChI is InChI=1S/C17H15N3O5S2/c1-4-25-17(22)14-9(2)12(8-18)16(27-14)19-15(21)11-7-10(26-3)5-6-13(11)20(23)24/h5-7H,4H2,1-3H3,(H,19,21). The fraction of sp³-hybridized carbons (Fsp3) is 0.235. The molecular formula is C17H15N3O5S2. The molecule has 8 nitrogen and oxygen atoms in total. The Morgan fingerprint density at radius 2 is 2.15 bits per heavy atom. The van der Waals surface area contributed by atoms with Gasteiger partial charge < -0.3 is 10.1 Å². The Kier molecular flexibility index (Phi) is 6.55. The number of rotatable bonds is 6. The number of nitrogens with one attached hydrogen (secondary N) is 1. The molecule has 1 aromatic carbocycles. The molecule has 0 radical (unpaired) electrons. The van der Waals surface area contributed by atoms with Crippen molar-refractivity contribution >= 4 is 45.7 Å². The van der Waals surface area contributed by atoms with E-state index in [9.17, 15) is 25.0 Å². The zero-order chi connectivity index (χ0) is 20.1. The molecule has 0 fully saturated rings. The monoisotopic (exact) mass is 405 g/mol. The first-order chi connectivity index (χ1) is 12.8. The zero-order valence-corrected chi connectivity index (χ0v) is 16.3. The van der Waals surface area contributed by atoms with Crippen LogP contribution >= 0.6 is 23.1 Å². The van der Waals surface area contributed by atoms with Crippen LogP contribution in [0.2, 0.25) is 0 Å². The van der Waals surface area contributed by atoms with Crippen LogP contribution in [-0.2, 0) is 4.74 Å². The fourth-order valence-electron chi connectivity index (χ4n) is 2.28. The minimum absolute atomic E-state index is 0.125. The molecule has 0 unspecified atom stereocenters. The lowest BCUT2D eigenvalue weighted by molar-refractivity contribution is -0.385. The Hall–Kier alpha value is -2.90. The number of amides is 1. The third kappa shape index (κ3) is 4.27. The lowest BCUT2D eigenvalue weighted by atomic mass is 10.1. The molecule has 0 saturated heterocycles. The maximum absolute atomic E-state index is 12.6. The number of anilines is 1. The van der Waals surface area contributed by atoms with Crippen LogP contribution in [0.15, 0.2) is 23.1 Å². The molecule has 1 amide bonds. The number of hydrogen-bond donors (Lipinski definition) is 1. The van der Waals surface area contributed by atoms with Gasteiger partial charge in [-0.2, -0.15) is 5.26 Å². The minimum atomic E-state index is -0.731. The van der Waals surface area contributed by atoms with Crippen LogP contribution < -0.4 is 5.32 Å². The van der Waals surface area contributed by atoms with E-state index in [0.717, 1.165) is 11.3 Å². The van der Waals surface area contributed by atoms with Gasteiger partial charge in [-0.25, -0.2) is 4.79 Å². The molecule has 1 N–H and O–H groups in total. The minimum Gasteiger partial charge on any atom is -0.462 e. The summed E-state index contributed by atoms with van der Waals surface area (Å²) in [6, 6.07) is 6.17. The molecule has 1 heterocycles. The van der Waals surface area contributed by atoms with Gasteiger partial charge in [0.25, 0.3) is 11.6 Å². The third-order valence-corrected chi connectivity index (χ3v) is 5.50. The Morgan fingerprint density at radius 1 is 1.44 bits per heavy atom. The highest BCUT2D eigenvalue weighted by Gasteiger charge is 2.25. The molecule has 140 valence electrons. The zero-order valence-electron chi connectivity index (χ0n) is 14.7. The summed E-state index contributed by atoms with van der Waals surface area (Å²) in [4.78, 5) is 36.1. The highest BCUT2D eigenvalue weighted by molar-refractivity contribution is 7.98. The van der Waals surface area contributed by atoms with Crippen LogP contribution in [-0.4, -0.2) is 29.7 Å². The molecule has 0 aliphatic rings. The highest BCUT2D eigenvalue weighted by Crippen LogP contribution is 2.34. The van der Waals surface area contributed by atoms with Gasteiger partial charge in [-0.3, -0.25) is 14.9 Å². The van der Waals surface area contributed by atoms with Crippen LogP contribution in [0.1, 0.15) is 38.1 Å². The molecule has 2 rings (SSSR count). The number of nitriles is 1. The third-order valence-electron chi connectivity index (χ3n) is 3.59. The van der Waals surface area contributed by atoms with Gasteiger partial charge >= 0.3 is 5.97 Å². The normalized spacial score (nSPS) is 10.1. The van der Waals surface area contributed by atoms with Crippen molar-refractivity contribution in [2.24, 2.45) is 0 Å². The highest BCUT2D eigenvalue weighted by atomic mass is 32.2. The molecule has 0 bridgehead atoms. The van der Waals surface area contributed by atoms with Gasteiger partial charge in [0, 0.05) is 11.0 Å². The number of thiophene rings is 1. The number of esters is 1. The van der Waals surface area contributed by atoms with Crippen molar-refractivity contribution in [3.63, 3.8) is 0 Å². The van der Waals surface area contributed by atoms with E-state index in [4.69, 9.17) is 4.74 Å². The van der Waals surface area contributed by atoms with Crippen molar-refractivity contribution in [3.05, 3.63) is 49.9 Å². The molecule has 27 heavy (non-hydrogen) atoms. The van der Waals surface area contributed by atoms with E-state index in [2.05, 4.69) is 5.32 Å². The summed E-state index contributed by atoms with van der Waals surface area (Å²) in [5.74, 6) is -1.32. The van der Waals surface area contributed by atoms with E-state index in [-0.39, 0.29) is 33.3 Å². The molecule has 1 aromatic heterocycles. The smallest absolute Gasteiger partial charge is 0.348 e. The Labute approximate surface area is 163 Å². The van der Waals surface area contributed by atoms with Gasteiger partial charge in [-0.05, 0) is 37.8 Å². The first kappa shape index (κ1) is 20.4. The van der Waals surface area contributed by atoms with E-state index in [1.807, 2.05) is 6.07 Å². The summed E-state index contributed by atoms with van der Waals surface area (Å²) in [5.41, 5.74) is 0.0471. The number of nitrogens with zero attached hydrogens (tertiary/aromatic N) is 2. The van der Waals surface area contributed by atoms with Crippen LogP contribution in [0.5, 0.6) is 0 Å². The molecule has 0 saturated carbocycles. The molecule has 0 aliphatic carbocycles. The fourth-order valence-corrected chi connectivity index (χ4v) is 3.77. The number of carbonyl (C=O) groups is 2. The number of hydrogen-bond acceptors (Lipinski definition) is 8. The summed E-state index contributed by atoms with van der Waals surface area (Å²) < 4.78 is 4.95. The second-order valence-electron chi connectivity index (χ2n) is 5.19. The van der Waals surface area contributed by atoms with Crippen LogP contribution in [0.3, 0.4) is 0 Å². The van der Waals surface area contributed by atoms with Gasteiger partial charge in [0.05, 0.1) is 17.1 Å². The van der Waals surface area contributed by atoms with Crippen molar-refractivity contribution in [3.8, 4) is 6.07 Å². The van der Waals surface area contributed by atoms with Crippen molar-refractivity contribution in [1.29, 1.82) is 5.26 Å². The van der Waals surface area contributed by atoms with Gasteiger partial charge in [0.1, 0.15) is 21.5 Å². The van der Waals surface area contributed by atoms with E-state index in [0.29, 0.717) is 10.5 Å². The summed E-state index contributed by atoms with van der Waals surface area (Å²) in [6.45, 7) is 3.41. The molecule has 0 spiro atoms. The SMILES string of the molecule is CCOC(=O)c1sc(NC(=O)c2cc(SC)ccc2[N+](=O)[O-])c(C#N)c1C. The van der Waals surface area contributed by atoms with Crippen molar-refractivity contribution in [1.82, 2.24) is 0 Å². The average molecular weight is 405 g/mol. The Morgan fingerprint density at radius 3 is 2.70 bits per heavy atom. The summed E-state index contributed by atoms with van der Waals surface area (Å²) in [7, 11) is 0. The van der Waals surface area contributed by atoms with Gasteiger partial charge in [0.2, 0.25) is 0 Å². The molecule has 0 aliphatic heterocycles. The summed E-state index contributed by atoms with van der Waals surface area (Å²) in [5, 5.41) is 23.3. The predicted octanol–water partition coefficient (Wildman–Crippen LogP) is 3.99. The maximum Gasteiger partial charge on any atom is 0.348 e. The van der Waals surface area contributed by atoms with Crippen LogP contribution in [0.25, 0.3) is 0 Å². The lowest BCUT2D eigenvalue weighted by Gasteiger charge is -2.06. The van der Waals surface area contributed by atoms with E-state index < -0.39 is 16.8 Å². The van der Waals surface area contributed by atoms with Crippen molar-refractivity contribution in [2.45, 2.75) is 18.7 Å². The number of nitro groups is 1. The van der Waals surface area contributed by atoms with Crippen LogP contribution in [0.4, 0.5) is 10.7 Å². The van der Waals surface area contributed by atoms with Gasteiger partial charge in [-0.1, -0.05) is 0 Å². The molecular weight excluding hydrogens is 390 g/mol. The summed E-state index contributed by atoms with van der Waals surface area (Å²) in [6.07, 6.45) is 1.78. The largest absolute Gasteiger partial charge is 0.462 e. The van der Waals surface area contributed by atoms with E-state index >= 15 is 0 Å². The van der Waals surface area contributed by atoms with Gasteiger partial charge in [-0.15, -0.1) is 23.1 Å². The van der Waals surface area contributed by atoms with Crippen molar-refractivity contribution in [2.75, 3.05) is 18.2 Å². The van der Waals surface area contributed by atoms with Gasteiger partial charge in [0.15, 0.2) is 0 Å². The number of carbonyl (C=O) groups excluding carboxylic acids is 2.